The largest absolute Gasteiger partial charge is 0.479 e. The highest BCUT2D eigenvalue weighted by Gasteiger charge is 2.45. The van der Waals surface area contributed by atoms with Crippen LogP contribution in [0.3, 0.4) is 0 Å². The average Bonchev–Trinajstić information content (AvgIpc) is 2.35. The second-order valence-electron chi connectivity index (χ2n) is 4.50. The first-order valence-electron chi connectivity index (χ1n) is 5.88. The van der Waals surface area contributed by atoms with Crippen molar-refractivity contribution in [2.75, 3.05) is 6.61 Å². The van der Waals surface area contributed by atoms with E-state index in [1.54, 1.807) is 0 Å². The third-order valence-corrected chi connectivity index (χ3v) is 3.34. The number of nitrogens with two attached hydrogens (primary N) is 1. The van der Waals surface area contributed by atoms with Gasteiger partial charge < -0.3 is 40.3 Å². The first-order chi connectivity index (χ1) is 9.53. The number of aliphatic carboxylic acids is 1. The molecule has 7 N–H and O–H groups in total. The molecule has 0 aliphatic carbocycles. The second kappa shape index (κ2) is 7.09. The van der Waals surface area contributed by atoms with Crippen LogP contribution in [0.1, 0.15) is 6.92 Å². The monoisotopic (exact) mass is 331 g/mol. The van der Waals surface area contributed by atoms with Crippen molar-refractivity contribution in [3.05, 3.63) is 0 Å². The molecule has 1 unspecified atom stereocenters. The fraction of sp³-hybridized carbons (Fsp3) is 0.889. The van der Waals surface area contributed by atoms with Crippen molar-refractivity contribution in [1.82, 2.24) is 0 Å². The Balaban J connectivity index is 2.76. The van der Waals surface area contributed by atoms with Gasteiger partial charge in [0.2, 0.25) is 0 Å². The van der Waals surface area contributed by atoms with Crippen molar-refractivity contribution in [2.45, 2.75) is 43.7 Å². The Hall–Kier alpha value is -0.620. The molecule has 1 heterocycles. The molecular weight excluding hydrogens is 313 g/mol. The highest BCUT2D eigenvalue weighted by molar-refractivity contribution is 7.46. The molecular formula is C9H18NO10P. The van der Waals surface area contributed by atoms with E-state index >= 15 is 0 Å². The van der Waals surface area contributed by atoms with E-state index in [1.807, 2.05) is 0 Å². The van der Waals surface area contributed by atoms with E-state index in [-0.39, 0.29) is 0 Å². The first kappa shape index (κ1) is 18.4. The molecule has 0 aromatic heterocycles. The summed E-state index contributed by atoms with van der Waals surface area (Å²) in [4.78, 5) is 27.9. The van der Waals surface area contributed by atoms with Gasteiger partial charge in [0.15, 0.2) is 12.4 Å². The van der Waals surface area contributed by atoms with Crippen molar-refractivity contribution in [3.63, 3.8) is 0 Å². The normalized spacial score (nSPS) is 35.4. The smallest absolute Gasteiger partial charge is 0.469 e. The minimum Gasteiger partial charge on any atom is -0.479 e. The zero-order valence-electron chi connectivity index (χ0n) is 11.0. The first-order valence-corrected chi connectivity index (χ1v) is 7.41. The number of hydrogen-bond acceptors (Lipinski definition) is 8. The van der Waals surface area contributed by atoms with Gasteiger partial charge in [0, 0.05) is 0 Å². The predicted octanol–water partition coefficient (Wildman–Crippen LogP) is -2.64. The van der Waals surface area contributed by atoms with E-state index in [4.69, 9.17) is 30.1 Å². The third kappa shape index (κ3) is 5.25. The molecule has 1 aliphatic rings. The zero-order valence-corrected chi connectivity index (χ0v) is 11.9. The van der Waals surface area contributed by atoms with Crippen LogP contribution in [0.5, 0.6) is 0 Å². The van der Waals surface area contributed by atoms with Crippen molar-refractivity contribution in [2.24, 2.45) is 5.73 Å². The van der Waals surface area contributed by atoms with Gasteiger partial charge in [-0.15, -0.1) is 0 Å². The van der Waals surface area contributed by atoms with E-state index in [0.29, 0.717) is 0 Å². The average molecular weight is 331 g/mol. The summed E-state index contributed by atoms with van der Waals surface area (Å²) in [7, 11) is -4.80. The molecule has 1 aliphatic heterocycles. The number of carbonyl (C=O) groups is 1. The van der Waals surface area contributed by atoms with Gasteiger partial charge in [-0.05, 0) is 6.92 Å². The molecule has 0 bridgehead atoms. The van der Waals surface area contributed by atoms with Crippen LogP contribution in [-0.2, 0) is 23.4 Å². The lowest BCUT2D eigenvalue weighted by Gasteiger charge is -2.41. The fourth-order valence-electron chi connectivity index (χ4n) is 1.73. The van der Waals surface area contributed by atoms with Gasteiger partial charge in [0.25, 0.3) is 0 Å². The van der Waals surface area contributed by atoms with Crippen LogP contribution >= 0.6 is 7.82 Å². The van der Waals surface area contributed by atoms with E-state index in [0.717, 1.165) is 0 Å². The zero-order chi connectivity index (χ0) is 16.4. The van der Waals surface area contributed by atoms with E-state index in [9.17, 15) is 19.6 Å². The molecule has 0 spiro atoms. The second-order valence-corrected chi connectivity index (χ2v) is 5.74. The van der Waals surface area contributed by atoms with Crippen LogP contribution < -0.4 is 5.73 Å². The van der Waals surface area contributed by atoms with Gasteiger partial charge in [0.1, 0.15) is 18.3 Å². The van der Waals surface area contributed by atoms with E-state index < -0.39 is 57.1 Å². The molecule has 1 rings (SSSR count). The number of phosphoric acid groups is 1. The molecule has 12 heteroatoms. The minimum atomic E-state index is -4.80. The summed E-state index contributed by atoms with van der Waals surface area (Å²) in [5.41, 5.74) is 5.56. The van der Waals surface area contributed by atoms with Crippen LogP contribution in [0.4, 0.5) is 0 Å². The van der Waals surface area contributed by atoms with Gasteiger partial charge in [-0.1, -0.05) is 0 Å². The number of hydrogen-bond donors (Lipinski definition) is 6. The van der Waals surface area contributed by atoms with Crippen LogP contribution in [0.15, 0.2) is 0 Å². The lowest BCUT2D eigenvalue weighted by Crippen LogP contribution is -2.63. The maximum absolute atomic E-state index is 10.7. The topological polar surface area (TPSA) is 189 Å². The fourth-order valence-corrected chi connectivity index (χ4v) is 2.07. The van der Waals surface area contributed by atoms with Crippen LogP contribution in [0, 0.1) is 0 Å². The molecule has 0 amide bonds. The van der Waals surface area contributed by atoms with Gasteiger partial charge in [-0.2, -0.15) is 0 Å². The summed E-state index contributed by atoms with van der Waals surface area (Å²) in [5, 5.41) is 28.3. The molecule has 0 radical (unpaired) electrons. The number of aliphatic hydroxyl groups excluding tert-OH is 2. The Morgan fingerprint density at radius 3 is 2.48 bits per heavy atom. The number of rotatable bonds is 6. The summed E-state index contributed by atoms with van der Waals surface area (Å²) in [5.74, 6) is -1.31. The molecule has 0 aromatic rings. The molecule has 1 fully saturated rings. The van der Waals surface area contributed by atoms with Crippen molar-refractivity contribution >= 4 is 13.8 Å². The maximum Gasteiger partial charge on any atom is 0.469 e. The van der Waals surface area contributed by atoms with Crippen molar-refractivity contribution < 1.29 is 48.5 Å². The van der Waals surface area contributed by atoms with E-state index in [2.05, 4.69) is 4.52 Å². The highest BCUT2D eigenvalue weighted by atomic mass is 31.2. The number of carboxylic acids is 1. The summed E-state index contributed by atoms with van der Waals surface area (Å²) < 4.78 is 24.7. The van der Waals surface area contributed by atoms with Crippen molar-refractivity contribution in [1.29, 1.82) is 0 Å². The molecule has 21 heavy (non-hydrogen) atoms. The Bertz CT molecular complexity index is 413. The molecule has 0 saturated carbocycles. The van der Waals surface area contributed by atoms with Gasteiger partial charge in [-0.3, -0.25) is 4.52 Å². The Morgan fingerprint density at radius 2 is 2.00 bits per heavy atom. The van der Waals surface area contributed by atoms with E-state index in [1.165, 1.54) is 6.92 Å². The number of carboxylic acid groups (broad SMARTS) is 1. The summed E-state index contributed by atoms with van der Waals surface area (Å²) >= 11 is 0. The summed E-state index contributed by atoms with van der Waals surface area (Å²) in [6.07, 6.45) is -7.14. The van der Waals surface area contributed by atoms with Gasteiger partial charge in [0.05, 0.1) is 12.6 Å². The maximum atomic E-state index is 10.7. The SMILES string of the molecule is CC(O[C@@H]1[C@@H](N)[C@@H](O)O[C@H](COP(=O)(O)O)[C@H]1O)C(=O)O. The Labute approximate surface area is 119 Å². The van der Waals surface area contributed by atoms with Gasteiger partial charge >= 0.3 is 13.8 Å². The summed E-state index contributed by atoms with van der Waals surface area (Å²) in [6, 6.07) is -1.24. The number of ether oxygens (including phenoxy) is 2. The van der Waals surface area contributed by atoms with Crippen LogP contribution in [0.25, 0.3) is 0 Å². The third-order valence-electron chi connectivity index (χ3n) is 2.86. The van der Waals surface area contributed by atoms with Crippen molar-refractivity contribution in [3.8, 4) is 0 Å². The Kier molecular flexibility index (Phi) is 6.23. The quantitative estimate of drug-likeness (QED) is 0.279. The van der Waals surface area contributed by atoms with Gasteiger partial charge in [-0.25, -0.2) is 9.36 Å². The molecule has 6 atom stereocenters. The standard InChI is InChI=1S/C9H18NO10P/c1-3(8(12)13)19-7-5(10)9(14)20-4(6(7)11)2-18-21(15,16)17/h3-7,9,11,14H,2,10H2,1H3,(H,12,13)(H2,15,16,17)/t3?,4-,5-,6-,7-,9+/m1/s1. The number of phosphoric ester groups is 1. The van der Waals surface area contributed by atoms with Crippen LogP contribution in [0.2, 0.25) is 0 Å². The lowest BCUT2D eigenvalue weighted by atomic mass is 9.97. The Morgan fingerprint density at radius 1 is 1.43 bits per heavy atom. The molecule has 1 saturated heterocycles. The minimum absolute atomic E-state index is 0.740. The van der Waals surface area contributed by atoms with Crippen LogP contribution in [-0.4, -0.2) is 74.4 Å². The molecule has 11 nitrogen and oxygen atoms in total. The lowest BCUT2D eigenvalue weighted by molar-refractivity contribution is -0.261. The molecule has 0 aromatic carbocycles. The predicted molar refractivity (Wildman–Crippen MR) is 64.8 cm³/mol. The highest BCUT2D eigenvalue weighted by Crippen LogP contribution is 2.37. The summed E-state index contributed by atoms with van der Waals surface area (Å²) in [6.45, 7) is 0.460. The number of aliphatic hydroxyl groups is 2. The molecule has 124 valence electrons.